The van der Waals surface area contributed by atoms with E-state index in [1.54, 1.807) is 24.3 Å². The molecule has 1 aromatic carbocycles. The van der Waals surface area contributed by atoms with Crippen LogP contribution in [0.1, 0.15) is 39.2 Å². The molecule has 1 saturated heterocycles. The Morgan fingerprint density at radius 3 is 2.48 bits per heavy atom. The van der Waals surface area contributed by atoms with Gasteiger partial charge in [0.25, 0.3) is 0 Å². The van der Waals surface area contributed by atoms with Crippen LogP contribution in [0.5, 0.6) is 5.75 Å². The summed E-state index contributed by atoms with van der Waals surface area (Å²) >= 11 is 0. The molecule has 1 fully saturated rings. The van der Waals surface area contributed by atoms with Gasteiger partial charge in [0.15, 0.2) is 0 Å². The number of piperidine rings is 1. The van der Waals surface area contributed by atoms with Gasteiger partial charge in [0.2, 0.25) is 0 Å². The summed E-state index contributed by atoms with van der Waals surface area (Å²) in [7, 11) is 1.61. The molecule has 1 aliphatic heterocycles. The van der Waals surface area contributed by atoms with Gasteiger partial charge in [0.1, 0.15) is 11.4 Å². The molecule has 2 rings (SSSR count). The lowest BCUT2D eigenvalue weighted by Gasteiger charge is -2.33. The molecule has 27 heavy (non-hydrogen) atoms. The van der Waals surface area contributed by atoms with E-state index in [9.17, 15) is 9.59 Å². The van der Waals surface area contributed by atoms with Crippen LogP contribution in [0.4, 0.5) is 9.59 Å². The number of nitrogens with zero attached hydrogens (tertiary/aromatic N) is 1. The summed E-state index contributed by atoms with van der Waals surface area (Å²) in [5, 5.41) is 5.63. The summed E-state index contributed by atoms with van der Waals surface area (Å²) in [6.07, 6.45) is 4.46. The van der Waals surface area contributed by atoms with Crippen LogP contribution < -0.4 is 15.4 Å². The third-order valence-electron chi connectivity index (χ3n) is 4.10. The minimum atomic E-state index is -0.500. The first-order valence-electron chi connectivity index (χ1n) is 9.13. The fourth-order valence-corrected chi connectivity index (χ4v) is 2.77. The van der Waals surface area contributed by atoms with Gasteiger partial charge in [-0.3, -0.25) is 0 Å². The maximum atomic E-state index is 12.1. The molecule has 1 aromatic rings. The lowest BCUT2D eigenvalue weighted by Crippen LogP contribution is -2.49. The van der Waals surface area contributed by atoms with Crippen molar-refractivity contribution in [3.63, 3.8) is 0 Å². The summed E-state index contributed by atoms with van der Waals surface area (Å²) in [5.41, 5.74) is 0.380. The number of likely N-dealkylation sites (tertiary alicyclic amines) is 1. The van der Waals surface area contributed by atoms with Crippen LogP contribution in [0.3, 0.4) is 0 Å². The predicted molar refractivity (Wildman–Crippen MR) is 105 cm³/mol. The van der Waals surface area contributed by atoms with Gasteiger partial charge >= 0.3 is 12.1 Å². The summed E-state index contributed by atoms with van der Waals surface area (Å²) < 4.78 is 10.6. The fraction of sp³-hybridized carbons (Fsp3) is 0.500. The third-order valence-corrected chi connectivity index (χ3v) is 4.10. The molecule has 3 amide bonds. The molecule has 0 bridgehead atoms. The van der Waals surface area contributed by atoms with Crippen molar-refractivity contribution in [1.82, 2.24) is 15.5 Å². The van der Waals surface area contributed by atoms with E-state index in [2.05, 4.69) is 10.6 Å². The van der Waals surface area contributed by atoms with Crippen molar-refractivity contribution in [2.75, 3.05) is 20.2 Å². The molecule has 7 nitrogen and oxygen atoms in total. The second-order valence-corrected chi connectivity index (χ2v) is 7.43. The zero-order chi connectivity index (χ0) is 19.9. The average Bonchev–Trinajstić information content (AvgIpc) is 2.61. The van der Waals surface area contributed by atoms with Gasteiger partial charge in [-0.05, 0) is 45.8 Å². The van der Waals surface area contributed by atoms with Gasteiger partial charge in [0, 0.05) is 30.9 Å². The summed E-state index contributed by atoms with van der Waals surface area (Å²) in [6.45, 7) is 6.68. The number of hydrogen-bond donors (Lipinski definition) is 2. The van der Waals surface area contributed by atoms with E-state index in [0.29, 0.717) is 25.9 Å². The molecule has 0 aliphatic carbocycles. The minimum absolute atomic E-state index is 0.0309. The van der Waals surface area contributed by atoms with Gasteiger partial charge < -0.3 is 25.0 Å². The molecule has 148 valence electrons. The second kappa shape index (κ2) is 9.30. The van der Waals surface area contributed by atoms with E-state index in [-0.39, 0.29) is 18.2 Å². The monoisotopic (exact) mass is 375 g/mol. The molecule has 1 aliphatic rings. The SMILES string of the molecule is COc1ccccc1/C=C/NC(=O)NC1CCN(C(=O)OC(C)(C)C)CC1. The summed E-state index contributed by atoms with van der Waals surface area (Å²) in [6, 6.07) is 7.32. The van der Waals surface area contributed by atoms with E-state index in [1.807, 2.05) is 45.0 Å². The number of amides is 3. The Kier molecular flexibility index (Phi) is 7.10. The lowest BCUT2D eigenvalue weighted by atomic mass is 10.1. The number of ether oxygens (including phenoxy) is 2. The topological polar surface area (TPSA) is 79.9 Å². The van der Waals surface area contributed by atoms with E-state index < -0.39 is 5.60 Å². The van der Waals surface area contributed by atoms with Gasteiger partial charge in [-0.15, -0.1) is 0 Å². The molecular formula is C20H29N3O4. The van der Waals surface area contributed by atoms with Crippen LogP contribution >= 0.6 is 0 Å². The Labute approximate surface area is 160 Å². The number of urea groups is 1. The Morgan fingerprint density at radius 2 is 1.85 bits per heavy atom. The smallest absolute Gasteiger partial charge is 0.410 e. The quantitative estimate of drug-likeness (QED) is 0.846. The molecule has 7 heteroatoms. The zero-order valence-electron chi connectivity index (χ0n) is 16.5. The second-order valence-electron chi connectivity index (χ2n) is 7.43. The van der Waals surface area contributed by atoms with Gasteiger partial charge in [-0.25, -0.2) is 9.59 Å². The predicted octanol–water partition coefficient (Wildman–Crippen LogP) is 3.36. The van der Waals surface area contributed by atoms with Crippen molar-refractivity contribution < 1.29 is 19.1 Å². The van der Waals surface area contributed by atoms with Crippen molar-refractivity contribution >= 4 is 18.2 Å². The third kappa shape index (κ3) is 6.84. The van der Waals surface area contributed by atoms with Crippen LogP contribution in [0.15, 0.2) is 30.5 Å². The Balaban J connectivity index is 1.74. The number of carbonyl (C=O) groups excluding carboxylic acids is 2. The molecule has 0 atom stereocenters. The molecular weight excluding hydrogens is 346 g/mol. The number of carbonyl (C=O) groups is 2. The molecule has 0 radical (unpaired) electrons. The number of nitrogens with one attached hydrogen (secondary N) is 2. The minimum Gasteiger partial charge on any atom is -0.496 e. The molecule has 0 spiro atoms. The Hall–Kier alpha value is -2.70. The van der Waals surface area contributed by atoms with Gasteiger partial charge in [0.05, 0.1) is 7.11 Å². The largest absolute Gasteiger partial charge is 0.496 e. The summed E-state index contributed by atoms with van der Waals surface area (Å²) in [5.74, 6) is 0.741. The van der Waals surface area contributed by atoms with E-state index in [1.165, 1.54) is 0 Å². The highest BCUT2D eigenvalue weighted by molar-refractivity contribution is 5.76. The highest BCUT2D eigenvalue weighted by Crippen LogP contribution is 2.18. The Bertz CT molecular complexity index is 674. The van der Waals surface area contributed by atoms with Crippen LogP contribution in [-0.4, -0.2) is 48.9 Å². The number of hydrogen-bond acceptors (Lipinski definition) is 4. The van der Waals surface area contributed by atoms with Gasteiger partial charge in [-0.1, -0.05) is 18.2 Å². The van der Waals surface area contributed by atoms with Crippen molar-refractivity contribution in [3.05, 3.63) is 36.0 Å². The van der Waals surface area contributed by atoms with Crippen LogP contribution in [-0.2, 0) is 4.74 Å². The first kappa shape index (κ1) is 20.6. The number of para-hydroxylation sites is 1. The van der Waals surface area contributed by atoms with Crippen LogP contribution in [0, 0.1) is 0 Å². The van der Waals surface area contributed by atoms with Crippen molar-refractivity contribution in [1.29, 1.82) is 0 Å². The number of benzene rings is 1. The molecule has 0 unspecified atom stereocenters. The highest BCUT2D eigenvalue weighted by atomic mass is 16.6. The first-order valence-corrected chi connectivity index (χ1v) is 9.13. The average molecular weight is 375 g/mol. The lowest BCUT2D eigenvalue weighted by molar-refractivity contribution is 0.0201. The molecule has 0 aromatic heterocycles. The van der Waals surface area contributed by atoms with Gasteiger partial charge in [-0.2, -0.15) is 0 Å². The standard InChI is InChI=1S/C20H29N3O4/c1-20(2,3)27-19(25)23-13-10-16(11-14-23)22-18(24)21-12-9-15-7-5-6-8-17(15)26-4/h5-9,12,16H,10-11,13-14H2,1-4H3,(H2,21,22,24)/b12-9+. The van der Waals surface area contributed by atoms with Crippen molar-refractivity contribution in [3.8, 4) is 5.75 Å². The van der Waals surface area contributed by atoms with E-state index >= 15 is 0 Å². The van der Waals surface area contributed by atoms with Crippen LogP contribution in [0.2, 0.25) is 0 Å². The van der Waals surface area contributed by atoms with Crippen molar-refractivity contribution in [2.24, 2.45) is 0 Å². The Morgan fingerprint density at radius 1 is 1.19 bits per heavy atom. The zero-order valence-corrected chi connectivity index (χ0v) is 16.5. The number of methoxy groups -OCH3 is 1. The van der Waals surface area contributed by atoms with Crippen molar-refractivity contribution in [2.45, 2.75) is 45.3 Å². The summed E-state index contributed by atoms with van der Waals surface area (Å²) in [4.78, 5) is 25.8. The highest BCUT2D eigenvalue weighted by Gasteiger charge is 2.27. The molecule has 2 N–H and O–H groups in total. The normalized spacial score (nSPS) is 15.5. The maximum Gasteiger partial charge on any atom is 0.410 e. The van der Waals surface area contributed by atoms with E-state index in [0.717, 1.165) is 11.3 Å². The first-order chi connectivity index (χ1) is 12.8. The molecule has 0 saturated carbocycles. The fourth-order valence-electron chi connectivity index (χ4n) is 2.77. The number of rotatable bonds is 4. The molecule has 1 heterocycles. The van der Waals surface area contributed by atoms with Crippen LogP contribution in [0.25, 0.3) is 6.08 Å². The van der Waals surface area contributed by atoms with E-state index in [4.69, 9.17) is 9.47 Å². The maximum absolute atomic E-state index is 12.1.